The highest BCUT2D eigenvalue weighted by Crippen LogP contribution is 2.57. The van der Waals surface area contributed by atoms with Crippen LogP contribution in [-0.2, 0) is 15.4 Å². The Bertz CT molecular complexity index is 1050. The van der Waals surface area contributed by atoms with Crippen molar-refractivity contribution >= 4 is 7.82 Å². The van der Waals surface area contributed by atoms with Gasteiger partial charge in [0.15, 0.2) is 0 Å². The van der Waals surface area contributed by atoms with Crippen LogP contribution in [0.5, 0.6) is 11.5 Å². The van der Waals surface area contributed by atoms with Crippen molar-refractivity contribution in [1.29, 1.82) is 0 Å². The molecule has 2 unspecified atom stereocenters. The molecule has 2 atom stereocenters. The molecular weight excluding hydrogens is 455 g/mol. The summed E-state index contributed by atoms with van der Waals surface area (Å²) in [6, 6.07) is 8.67. The van der Waals surface area contributed by atoms with E-state index in [4.69, 9.17) is 9.05 Å². The largest absolute Gasteiger partial charge is 0.584 e. The van der Waals surface area contributed by atoms with E-state index in [1.165, 1.54) is 11.1 Å². The van der Waals surface area contributed by atoms with E-state index in [0.717, 1.165) is 35.1 Å². The molecule has 1 N–H and O–H groups in total. The van der Waals surface area contributed by atoms with Crippen molar-refractivity contribution in [2.75, 3.05) is 0 Å². The molecule has 2 aromatic rings. The molecule has 0 saturated carbocycles. The summed E-state index contributed by atoms with van der Waals surface area (Å²) in [5, 5.41) is 0. The summed E-state index contributed by atoms with van der Waals surface area (Å²) < 4.78 is 25.3. The summed E-state index contributed by atoms with van der Waals surface area (Å²) in [6.07, 6.45) is 2.03. The van der Waals surface area contributed by atoms with E-state index >= 15 is 0 Å². The molecule has 0 spiro atoms. The second-order valence-corrected chi connectivity index (χ2v) is 13.8. The maximum absolute atomic E-state index is 13.5. The lowest BCUT2D eigenvalue weighted by molar-refractivity contribution is 0.280. The molecule has 0 aliphatic carbocycles. The third-order valence-electron chi connectivity index (χ3n) is 7.61. The average Bonchev–Trinajstić information content (AvgIpc) is 2.74. The monoisotopic (exact) mass is 500 g/mol. The smallest absolute Gasteiger partial charge is 0.395 e. The average molecular weight is 501 g/mol. The predicted octanol–water partition coefficient (Wildman–Crippen LogP) is 9.33. The van der Waals surface area contributed by atoms with Gasteiger partial charge in [0.05, 0.1) is 0 Å². The molecule has 2 aromatic carbocycles. The predicted molar refractivity (Wildman–Crippen MR) is 146 cm³/mol. The van der Waals surface area contributed by atoms with Crippen LogP contribution in [0.4, 0.5) is 0 Å². The van der Waals surface area contributed by atoms with Crippen molar-refractivity contribution in [2.45, 2.75) is 118 Å². The summed E-state index contributed by atoms with van der Waals surface area (Å²) in [5.41, 5.74) is 5.70. The van der Waals surface area contributed by atoms with Crippen molar-refractivity contribution in [3.05, 3.63) is 57.6 Å². The Morgan fingerprint density at radius 3 is 1.43 bits per heavy atom. The van der Waals surface area contributed by atoms with Crippen LogP contribution >= 0.6 is 7.82 Å². The minimum atomic E-state index is -4.43. The second kappa shape index (κ2) is 9.60. The van der Waals surface area contributed by atoms with E-state index in [0.29, 0.717) is 23.3 Å². The molecule has 194 valence electrons. The fraction of sp³-hybridized carbons (Fsp3) is 0.600. The number of fused-ring (bicyclic) bond motifs is 2. The molecule has 0 radical (unpaired) electrons. The Labute approximate surface area is 213 Å². The fourth-order valence-corrected chi connectivity index (χ4v) is 5.67. The van der Waals surface area contributed by atoms with Gasteiger partial charge in [-0.25, -0.2) is 4.57 Å². The van der Waals surface area contributed by atoms with Crippen LogP contribution in [0.15, 0.2) is 24.3 Å². The molecule has 0 aromatic heterocycles. The molecule has 0 fully saturated rings. The van der Waals surface area contributed by atoms with Crippen LogP contribution in [0.2, 0.25) is 0 Å². The Morgan fingerprint density at radius 2 is 1.14 bits per heavy atom. The van der Waals surface area contributed by atoms with Gasteiger partial charge in [-0.15, -0.1) is 0 Å². The number of rotatable bonds is 4. The molecular formula is C30H45O4P. The molecule has 1 aliphatic rings. The molecule has 0 bridgehead atoms. The van der Waals surface area contributed by atoms with Gasteiger partial charge < -0.3 is 9.05 Å². The van der Waals surface area contributed by atoms with Crippen LogP contribution in [0.3, 0.4) is 0 Å². The van der Waals surface area contributed by atoms with Gasteiger partial charge in [0.25, 0.3) is 0 Å². The minimum Gasteiger partial charge on any atom is -0.395 e. The third kappa shape index (κ3) is 5.65. The SMILES string of the molecule is CCC(C)c1cc2c(c(C(C)(C)C)c1)OP(=O)(O)Oc1c(cc(C(C)CC)cc1C(C)(C)C)C2C. The van der Waals surface area contributed by atoms with Crippen molar-refractivity contribution in [3.63, 3.8) is 0 Å². The highest BCUT2D eigenvalue weighted by molar-refractivity contribution is 7.48. The topological polar surface area (TPSA) is 55.8 Å². The molecule has 1 aliphatic heterocycles. The van der Waals surface area contributed by atoms with Gasteiger partial charge in [-0.3, -0.25) is 4.89 Å². The van der Waals surface area contributed by atoms with Crippen molar-refractivity contribution in [1.82, 2.24) is 0 Å². The molecule has 5 heteroatoms. The quantitative estimate of drug-likeness (QED) is 0.425. The van der Waals surface area contributed by atoms with Crippen LogP contribution < -0.4 is 9.05 Å². The number of benzene rings is 2. The van der Waals surface area contributed by atoms with Gasteiger partial charge >= 0.3 is 7.82 Å². The molecule has 4 nitrogen and oxygen atoms in total. The number of hydrogen-bond acceptors (Lipinski definition) is 3. The molecule has 35 heavy (non-hydrogen) atoms. The first-order chi connectivity index (χ1) is 16.0. The van der Waals surface area contributed by atoms with Gasteiger partial charge in [-0.2, -0.15) is 0 Å². The van der Waals surface area contributed by atoms with Crippen LogP contribution in [-0.4, -0.2) is 4.89 Å². The lowest BCUT2D eigenvalue weighted by atomic mass is 9.77. The van der Waals surface area contributed by atoms with Crippen LogP contribution in [0.25, 0.3) is 0 Å². The lowest BCUT2D eigenvalue weighted by Gasteiger charge is -2.34. The van der Waals surface area contributed by atoms with Gasteiger partial charge in [-0.1, -0.05) is 100 Å². The van der Waals surface area contributed by atoms with Crippen molar-refractivity contribution < 1.29 is 18.5 Å². The zero-order chi connectivity index (χ0) is 26.5. The maximum atomic E-state index is 13.5. The van der Waals surface area contributed by atoms with Gasteiger partial charge in [0, 0.05) is 28.2 Å². The van der Waals surface area contributed by atoms with Gasteiger partial charge in [0.2, 0.25) is 0 Å². The maximum Gasteiger partial charge on any atom is 0.584 e. The van der Waals surface area contributed by atoms with E-state index in [2.05, 4.69) is 100 Å². The van der Waals surface area contributed by atoms with Crippen molar-refractivity contribution in [2.24, 2.45) is 0 Å². The Morgan fingerprint density at radius 1 is 0.800 bits per heavy atom. The van der Waals surface area contributed by atoms with Crippen LogP contribution in [0.1, 0.15) is 140 Å². The Balaban J connectivity index is 2.46. The molecule has 0 saturated heterocycles. The first kappa shape index (κ1) is 27.8. The number of phosphoric acid groups is 1. The fourth-order valence-electron chi connectivity index (χ4n) is 4.77. The zero-order valence-electron chi connectivity index (χ0n) is 23.6. The molecule has 3 rings (SSSR count). The summed E-state index contributed by atoms with van der Waals surface area (Å²) in [6.45, 7) is 23.7. The summed E-state index contributed by atoms with van der Waals surface area (Å²) >= 11 is 0. The van der Waals surface area contributed by atoms with E-state index < -0.39 is 7.82 Å². The van der Waals surface area contributed by atoms with Gasteiger partial charge in [-0.05, 0) is 46.6 Å². The summed E-state index contributed by atoms with van der Waals surface area (Å²) in [5.74, 6) is 1.63. The third-order valence-corrected chi connectivity index (χ3v) is 8.43. The Kier molecular flexibility index (Phi) is 7.63. The first-order valence-electron chi connectivity index (χ1n) is 13.1. The standard InChI is InChI=1S/C30H45O4P/c1-12-18(3)21-14-23-20(5)24-15-22(19(4)13-2)17-26(30(9,10)11)28(24)34-35(31,32)33-27(23)25(16-21)29(6,7)8/h14-20H,12-13H2,1-11H3,(H,31,32). The zero-order valence-corrected chi connectivity index (χ0v) is 24.5. The number of hydrogen-bond donors (Lipinski definition) is 1. The van der Waals surface area contributed by atoms with Gasteiger partial charge in [0.1, 0.15) is 11.5 Å². The summed E-state index contributed by atoms with van der Waals surface area (Å²) in [4.78, 5) is 11.0. The Hall–Kier alpha value is -1.77. The summed E-state index contributed by atoms with van der Waals surface area (Å²) in [7, 11) is -4.43. The minimum absolute atomic E-state index is 0.0736. The van der Waals surface area contributed by atoms with E-state index in [9.17, 15) is 9.46 Å². The van der Waals surface area contributed by atoms with Crippen LogP contribution in [0, 0.1) is 0 Å². The number of phosphoric ester groups is 1. The molecule has 1 heterocycles. The lowest BCUT2D eigenvalue weighted by Crippen LogP contribution is -2.21. The first-order valence-corrected chi connectivity index (χ1v) is 14.6. The van der Waals surface area contributed by atoms with Crippen molar-refractivity contribution in [3.8, 4) is 11.5 Å². The molecule has 0 amide bonds. The van der Waals surface area contributed by atoms with E-state index in [1.54, 1.807) is 0 Å². The van der Waals surface area contributed by atoms with E-state index in [1.807, 2.05) is 0 Å². The van der Waals surface area contributed by atoms with E-state index in [-0.39, 0.29) is 16.7 Å². The highest BCUT2D eigenvalue weighted by atomic mass is 31.2. The second-order valence-electron chi connectivity index (χ2n) is 12.5. The highest BCUT2D eigenvalue weighted by Gasteiger charge is 2.39. The normalized spacial score (nSPS) is 22.1.